The molecule has 1 fully saturated rings. The Labute approximate surface area is 175 Å². The molecule has 0 spiro atoms. The molecule has 2 aliphatic rings. The van der Waals surface area contributed by atoms with Crippen LogP contribution < -0.4 is 4.74 Å². The topological polar surface area (TPSA) is 58.0 Å². The van der Waals surface area contributed by atoms with Crippen molar-refractivity contribution in [2.24, 2.45) is 4.99 Å². The summed E-state index contributed by atoms with van der Waals surface area (Å²) in [7, 11) is 0. The van der Waals surface area contributed by atoms with Gasteiger partial charge in [-0.2, -0.15) is 0 Å². The number of ether oxygens (including phenoxy) is 1. The highest BCUT2D eigenvalue weighted by Gasteiger charge is 2.44. The first-order valence-electron chi connectivity index (χ1n) is 8.77. The van der Waals surface area contributed by atoms with Crippen LogP contribution in [0.3, 0.4) is 0 Å². The van der Waals surface area contributed by atoms with Crippen LogP contribution in [0.15, 0.2) is 39.9 Å². The molecule has 8 heteroatoms. The number of aromatic nitrogens is 1. The summed E-state index contributed by atoms with van der Waals surface area (Å²) in [5.74, 6) is 0.334. The third kappa shape index (κ3) is 3.30. The van der Waals surface area contributed by atoms with E-state index in [1.165, 1.54) is 0 Å². The molecular formula is C19H19BrClN3O2S. The maximum atomic E-state index is 10.3. The number of aromatic hydroxyl groups is 1. The number of rotatable bonds is 4. The number of hydrogen-bond acceptors (Lipinski definition) is 6. The monoisotopic (exact) mass is 467 g/mol. The van der Waals surface area contributed by atoms with Gasteiger partial charge in [-0.3, -0.25) is 9.98 Å². The number of pyridine rings is 1. The van der Waals surface area contributed by atoms with E-state index in [9.17, 15) is 5.11 Å². The van der Waals surface area contributed by atoms with Gasteiger partial charge in [-0.1, -0.05) is 36.4 Å². The van der Waals surface area contributed by atoms with E-state index in [-0.39, 0.29) is 22.9 Å². The number of hydrogen-bond donors (Lipinski definition) is 1. The molecule has 5 nitrogen and oxygen atoms in total. The number of nitrogens with zero attached hydrogens (tertiary/aromatic N) is 3. The van der Waals surface area contributed by atoms with Crippen LogP contribution in [0.1, 0.15) is 37.2 Å². The van der Waals surface area contributed by atoms with E-state index < -0.39 is 0 Å². The summed E-state index contributed by atoms with van der Waals surface area (Å²) in [4.78, 5) is 11.8. The van der Waals surface area contributed by atoms with Crippen molar-refractivity contribution in [3.8, 4) is 11.5 Å². The lowest BCUT2D eigenvalue weighted by atomic mass is 9.96. The lowest BCUT2D eigenvalue weighted by Crippen LogP contribution is -2.29. The molecule has 0 radical (unpaired) electrons. The van der Waals surface area contributed by atoms with Gasteiger partial charge in [0.2, 0.25) is 0 Å². The molecule has 1 aromatic carbocycles. The summed E-state index contributed by atoms with van der Waals surface area (Å²) in [5, 5.41) is 12.1. The molecule has 0 amide bonds. The number of aliphatic imine (C=N–C) groups is 1. The molecule has 3 atom stereocenters. The quantitative estimate of drug-likeness (QED) is 0.669. The van der Waals surface area contributed by atoms with E-state index in [1.54, 1.807) is 18.0 Å². The Balaban J connectivity index is 1.85. The van der Waals surface area contributed by atoms with Gasteiger partial charge in [0.25, 0.3) is 0 Å². The number of benzene rings is 1. The fourth-order valence-corrected chi connectivity index (χ4v) is 5.38. The van der Waals surface area contributed by atoms with E-state index >= 15 is 0 Å². The number of amidine groups is 1. The molecule has 4 rings (SSSR count). The molecule has 2 aromatic rings. The second-order valence-corrected chi connectivity index (χ2v) is 9.09. The largest absolute Gasteiger partial charge is 0.503 e. The average Bonchev–Trinajstić information content (AvgIpc) is 3.19. The minimum absolute atomic E-state index is 0.0492. The van der Waals surface area contributed by atoms with Crippen molar-refractivity contribution in [1.29, 1.82) is 0 Å². The number of fused-ring (bicyclic) bond motifs is 1. The molecule has 1 N–H and O–H groups in total. The molecule has 1 saturated heterocycles. The van der Waals surface area contributed by atoms with Gasteiger partial charge in [0, 0.05) is 22.5 Å². The van der Waals surface area contributed by atoms with E-state index in [0.29, 0.717) is 22.1 Å². The lowest BCUT2D eigenvalue weighted by Gasteiger charge is -2.29. The normalized spacial score (nSPS) is 24.1. The Morgan fingerprint density at radius 1 is 1.44 bits per heavy atom. The van der Waals surface area contributed by atoms with Crippen molar-refractivity contribution in [2.45, 2.75) is 31.2 Å². The highest BCUT2D eigenvalue weighted by molar-refractivity contribution is 9.10. The standard InChI is InChI=1S/C19H19BrClN3O2S/c1-3-26-13-8-11(14(20)15(21)18(13)25)17-16(12-6-4-5-7-22-12)23-19-24(17)9-10(2)27-19/h4-8,10,16-17,25H,3,9H2,1-2H3/t10-,16-,17-/m0/s1. The van der Waals surface area contributed by atoms with Crippen LogP contribution >= 0.6 is 39.3 Å². The fourth-order valence-electron chi connectivity index (χ4n) is 3.55. The summed E-state index contributed by atoms with van der Waals surface area (Å²) in [5.41, 5.74) is 1.84. The van der Waals surface area contributed by atoms with E-state index in [2.05, 4.69) is 32.7 Å². The van der Waals surface area contributed by atoms with Crippen molar-refractivity contribution >= 4 is 44.5 Å². The van der Waals surface area contributed by atoms with Crippen LogP contribution in [0.5, 0.6) is 11.5 Å². The smallest absolute Gasteiger partial charge is 0.177 e. The summed E-state index contributed by atoms with van der Waals surface area (Å²) < 4.78 is 6.28. The SMILES string of the molecule is CCOc1cc([C@H]2[C@H](c3ccccn3)N=C3S[C@@H](C)CN32)c(Br)c(Cl)c1O. The van der Waals surface area contributed by atoms with Gasteiger partial charge in [0.05, 0.1) is 18.3 Å². The zero-order valence-electron chi connectivity index (χ0n) is 14.9. The summed E-state index contributed by atoms with van der Waals surface area (Å²) in [6.07, 6.45) is 1.79. The first-order valence-corrected chi connectivity index (χ1v) is 10.8. The van der Waals surface area contributed by atoms with Crippen LogP contribution in [0, 0.1) is 0 Å². The zero-order valence-corrected chi connectivity index (χ0v) is 18.1. The minimum atomic E-state index is -0.146. The van der Waals surface area contributed by atoms with Crippen LogP contribution in [-0.4, -0.2) is 38.6 Å². The Morgan fingerprint density at radius 2 is 2.26 bits per heavy atom. The second kappa shape index (κ2) is 7.53. The third-order valence-electron chi connectivity index (χ3n) is 4.67. The maximum Gasteiger partial charge on any atom is 0.177 e. The Morgan fingerprint density at radius 3 is 2.96 bits per heavy atom. The third-order valence-corrected chi connectivity index (χ3v) is 7.23. The molecule has 2 aliphatic heterocycles. The predicted octanol–water partition coefficient (Wildman–Crippen LogP) is 5.19. The van der Waals surface area contributed by atoms with Gasteiger partial charge in [-0.25, -0.2) is 0 Å². The lowest BCUT2D eigenvalue weighted by molar-refractivity contribution is 0.306. The molecule has 1 aromatic heterocycles. The summed E-state index contributed by atoms with van der Waals surface area (Å²) in [6, 6.07) is 7.52. The summed E-state index contributed by atoms with van der Waals surface area (Å²) in [6.45, 7) is 5.41. The highest BCUT2D eigenvalue weighted by atomic mass is 79.9. The van der Waals surface area contributed by atoms with Gasteiger partial charge in [-0.05, 0) is 46.6 Å². The molecule has 0 aliphatic carbocycles. The van der Waals surface area contributed by atoms with Gasteiger partial charge >= 0.3 is 0 Å². The maximum absolute atomic E-state index is 10.3. The Kier molecular flexibility index (Phi) is 5.27. The zero-order chi connectivity index (χ0) is 19.1. The van der Waals surface area contributed by atoms with Crippen molar-refractivity contribution in [1.82, 2.24) is 9.88 Å². The van der Waals surface area contributed by atoms with Gasteiger partial charge in [-0.15, -0.1) is 0 Å². The fraction of sp³-hybridized carbons (Fsp3) is 0.368. The summed E-state index contributed by atoms with van der Waals surface area (Å²) >= 11 is 11.8. The van der Waals surface area contributed by atoms with Crippen molar-refractivity contribution in [3.63, 3.8) is 0 Å². The van der Waals surface area contributed by atoms with Crippen molar-refractivity contribution < 1.29 is 9.84 Å². The minimum Gasteiger partial charge on any atom is -0.503 e. The average molecular weight is 469 g/mol. The first kappa shape index (κ1) is 18.9. The van der Waals surface area contributed by atoms with Crippen LogP contribution in [0.25, 0.3) is 0 Å². The van der Waals surface area contributed by atoms with E-state index in [1.807, 2.05) is 31.2 Å². The van der Waals surface area contributed by atoms with E-state index in [4.69, 9.17) is 21.3 Å². The highest BCUT2D eigenvalue weighted by Crippen LogP contribution is 2.52. The number of phenolic OH excluding ortho intramolecular Hbond substituents is 1. The van der Waals surface area contributed by atoms with E-state index in [0.717, 1.165) is 23.0 Å². The van der Waals surface area contributed by atoms with Gasteiger partial charge < -0.3 is 14.7 Å². The van der Waals surface area contributed by atoms with Crippen LogP contribution in [0.2, 0.25) is 5.02 Å². The van der Waals surface area contributed by atoms with Gasteiger partial charge in [0.1, 0.15) is 11.1 Å². The molecule has 3 heterocycles. The predicted molar refractivity (Wildman–Crippen MR) is 113 cm³/mol. The number of thioether (sulfide) groups is 1. The van der Waals surface area contributed by atoms with Crippen molar-refractivity contribution in [2.75, 3.05) is 13.2 Å². The second-order valence-electron chi connectivity index (χ2n) is 6.51. The number of phenols is 1. The van der Waals surface area contributed by atoms with Crippen LogP contribution in [-0.2, 0) is 0 Å². The van der Waals surface area contributed by atoms with Crippen molar-refractivity contribution in [3.05, 3.63) is 51.2 Å². The molecular weight excluding hydrogens is 450 g/mol. The first-order chi connectivity index (χ1) is 13.0. The molecule has 27 heavy (non-hydrogen) atoms. The molecule has 0 unspecified atom stereocenters. The number of halogens is 2. The molecule has 142 valence electrons. The Hall–Kier alpha value is -1.44. The molecule has 0 saturated carbocycles. The van der Waals surface area contributed by atoms with Gasteiger partial charge in [0.15, 0.2) is 16.7 Å². The Bertz CT molecular complexity index is 896. The molecule has 0 bridgehead atoms. The van der Waals surface area contributed by atoms with Crippen LogP contribution in [0.4, 0.5) is 0 Å².